The molecule has 18 heavy (non-hydrogen) atoms. The first-order chi connectivity index (χ1) is 8.35. The van der Waals surface area contributed by atoms with Crippen LogP contribution in [-0.4, -0.2) is 28.6 Å². The van der Waals surface area contributed by atoms with Crippen LogP contribution in [0.5, 0.6) is 0 Å². The summed E-state index contributed by atoms with van der Waals surface area (Å²) in [6, 6.07) is 7.92. The first-order valence-electron chi connectivity index (χ1n) is 5.90. The van der Waals surface area contributed by atoms with Crippen LogP contribution in [0.15, 0.2) is 24.3 Å². The number of para-hydroxylation sites is 1. The minimum Gasteiger partial charge on any atom is -0.480 e. The van der Waals surface area contributed by atoms with Gasteiger partial charge in [-0.15, -0.1) is 0 Å². The van der Waals surface area contributed by atoms with E-state index in [9.17, 15) is 9.90 Å². The van der Waals surface area contributed by atoms with E-state index in [0.717, 1.165) is 22.3 Å². The number of hydrogen-bond donors (Lipinski definition) is 2. The number of aromatic amines is 1. The number of carboxylic acids is 1. The summed E-state index contributed by atoms with van der Waals surface area (Å²) in [7, 11) is 1.82. The van der Waals surface area contributed by atoms with Crippen molar-refractivity contribution in [3.63, 3.8) is 0 Å². The fourth-order valence-corrected chi connectivity index (χ4v) is 2.12. The number of hydrogen-bond acceptors (Lipinski definition) is 2. The number of aromatic nitrogens is 1. The maximum atomic E-state index is 11.4. The van der Waals surface area contributed by atoms with Crippen molar-refractivity contribution in [1.29, 1.82) is 0 Å². The highest BCUT2D eigenvalue weighted by atomic mass is 16.4. The second-order valence-corrected chi connectivity index (χ2v) is 5.07. The highest BCUT2D eigenvalue weighted by Gasteiger charge is 2.34. The summed E-state index contributed by atoms with van der Waals surface area (Å²) in [5.74, 6) is -0.838. The molecule has 4 nitrogen and oxygen atoms in total. The van der Waals surface area contributed by atoms with Crippen LogP contribution in [0.4, 0.5) is 5.69 Å². The number of fused-ring (bicyclic) bond motifs is 1. The maximum Gasteiger partial charge on any atom is 0.328 e. The molecule has 0 spiro atoms. The predicted octanol–water partition coefficient (Wildman–Crippen LogP) is 2.78. The predicted molar refractivity (Wildman–Crippen MR) is 73.2 cm³/mol. The molecule has 2 rings (SSSR count). The van der Waals surface area contributed by atoms with Crippen molar-refractivity contribution >= 4 is 22.6 Å². The molecule has 2 aromatic rings. The number of nitrogens with one attached hydrogen (secondary N) is 1. The molecular formula is C14H18N2O2. The third-order valence-electron chi connectivity index (χ3n) is 3.56. The van der Waals surface area contributed by atoms with Gasteiger partial charge in [0.2, 0.25) is 0 Å². The van der Waals surface area contributed by atoms with E-state index in [-0.39, 0.29) is 0 Å². The van der Waals surface area contributed by atoms with Gasteiger partial charge in [-0.25, -0.2) is 4.79 Å². The third kappa shape index (κ3) is 1.74. The van der Waals surface area contributed by atoms with Gasteiger partial charge < -0.3 is 15.0 Å². The van der Waals surface area contributed by atoms with Crippen molar-refractivity contribution < 1.29 is 9.90 Å². The van der Waals surface area contributed by atoms with Gasteiger partial charge in [-0.1, -0.05) is 18.2 Å². The van der Waals surface area contributed by atoms with E-state index >= 15 is 0 Å². The molecule has 0 amide bonds. The van der Waals surface area contributed by atoms with E-state index in [2.05, 4.69) is 4.98 Å². The first-order valence-corrected chi connectivity index (χ1v) is 5.90. The molecule has 4 heteroatoms. The highest BCUT2D eigenvalue weighted by Crippen LogP contribution is 2.33. The molecule has 0 aliphatic carbocycles. The molecule has 1 aromatic carbocycles. The summed E-state index contributed by atoms with van der Waals surface area (Å²) < 4.78 is 0. The van der Waals surface area contributed by atoms with E-state index in [0.29, 0.717) is 0 Å². The number of H-pyrrole nitrogens is 1. The van der Waals surface area contributed by atoms with Gasteiger partial charge in [-0.3, -0.25) is 0 Å². The Morgan fingerprint density at radius 3 is 2.56 bits per heavy atom. The van der Waals surface area contributed by atoms with Crippen molar-refractivity contribution in [3.8, 4) is 0 Å². The fraction of sp³-hybridized carbons (Fsp3) is 0.357. The number of benzene rings is 1. The number of aliphatic carboxylic acids is 1. The highest BCUT2D eigenvalue weighted by molar-refractivity contribution is 5.97. The van der Waals surface area contributed by atoms with Crippen LogP contribution in [0.1, 0.15) is 19.5 Å². The average molecular weight is 246 g/mol. The molecule has 1 aromatic heterocycles. The van der Waals surface area contributed by atoms with Gasteiger partial charge in [-0.05, 0) is 26.8 Å². The number of anilines is 1. The van der Waals surface area contributed by atoms with Crippen molar-refractivity contribution in [2.24, 2.45) is 0 Å². The molecule has 1 heterocycles. The molecule has 0 fully saturated rings. The molecule has 0 saturated heterocycles. The Morgan fingerprint density at radius 1 is 1.33 bits per heavy atom. The molecule has 2 N–H and O–H groups in total. The number of carboxylic acid groups (broad SMARTS) is 1. The van der Waals surface area contributed by atoms with Crippen molar-refractivity contribution in [3.05, 3.63) is 30.0 Å². The number of aryl methyl sites for hydroxylation is 1. The van der Waals surface area contributed by atoms with Crippen LogP contribution in [0.25, 0.3) is 10.9 Å². The molecule has 0 radical (unpaired) electrons. The molecule has 0 bridgehead atoms. The number of rotatable bonds is 3. The summed E-state index contributed by atoms with van der Waals surface area (Å²) in [5, 5.41) is 10.4. The average Bonchev–Trinajstić information content (AvgIpc) is 2.63. The first kappa shape index (κ1) is 12.5. The molecule has 0 aliphatic heterocycles. The Hall–Kier alpha value is -1.97. The normalized spacial score (nSPS) is 11.8. The van der Waals surface area contributed by atoms with Gasteiger partial charge in [0.05, 0.1) is 5.69 Å². The number of nitrogens with zero attached hydrogens (tertiary/aromatic N) is 1. The van der Waals surface area contributed by atoms with Gasteiger partial charge in [0.15, 0.2) is 0 Å². The van der Waals surface area contributed by atoms with Crippen molar-refractivity contribution in [2.75, 3.05) is 11.9 Å². The van der Waals surface area contributed by atoms with Crippen LogP contribution >= 0.6 is 0 Å². The largest absolute Gasteiger partial charge is 0.480 e. The number of likely N-dealkylation sites (N-methyl/N-ethyl adjacent to an activating group) is 1. The molecule has 0 saturated carbocycles. The van der Waals surface area contributed by atoms with E-state index in [1.54, 1.807) is 13.8 Å². The molecule has 0 unspecified atom stereocenters. The molecule has 0 atom stereocenters. The summed E-state index contributed by atoms with van der Waals surface area (Å²) in [6.07, 6.45) is 0. The summed E-state index contributed by atoms with van der Waals surface area (Å²) >= 11 is 0. The van der Waals surface area contributed by atoms with Gasteiger partial charge >= 0.3 is 5.97 Å². The van der Waals surface area contributed by atoms with Crippen LogP contribution < -0.4 is 4.90 Å². The quantitative estimate of drug-likeness (QED) is 0.875. The second-order valence-electron chi connectivity index (χ2n) is 5.07. The van der Waals surface area contributed by atoms with E-state index < -0.39 is 11.5 Å². The lowest BCUT2D eigenvalue weighted by molar-refractivity contribution is -0.142. The molecule has 0 aliphatic rings. The summed E-state index contributed by atoms with van der Waals surface area (Å²) in [5.41, 5.74) is 2.00. The SMILES string of the molecule is Cc1[nH]c2ccccc2c1N(C)C(C)(C)C(=O)O. The topological polar surface area (TPSA) is 56.3 Å². The van der Waals surface area contributed by atoms with Crippen LogP contribution in [-0.2, 0) is 4.79 Å². The minimum atomic E-state index is -0.949. The third-order valence-corrected chi connectivity index (χ3v) is 3.56. The van der Waals surface area contributed by atoms with Crippen molar-refractivity contribution in [2.45, 2.75) is 26.3 Å². The Labute approximate surface area is 106 Å². The van der Waals surface area contributed by atoms with Gasteiger partial charge in [-0.2, -0.15) is 0 Å². The van der Waals surface area contributed by atoms with Crippen LogP contribution in [0, 0.1) is 6.92 Å². The Morgan fingerprint density at radius 2 is 1.94 bits per heavy atom. The number of carbonyl (C=O) groups is 1. The van der Waals surface area contributed by atoms with E-state index in [1.165, 1.54) is 0 Å². The summed E-state index contributed by atoms with van der Waals surface area (Å²) in [6.45, 7) is 5.37. The van der Waals surface area contributed by atoms with Gasteiger partial charge in [0.1, 0.15) is 5.54 Å². The Bertz CT molecular complexity index is 599. The van der Waals surface area contributed by atoms with Crippen LogP contribution in [0.3, 0.4) is 0 Å². The standard InChI is InChI=1S/C14H18N2O2/c1-9-12(16(4)14(2,3)13(17)18)10-7-5-6-8-11(10)15-9/h5-8,15H,1-4H3,(H,17,18). The Kier molecular flexibility index (Phi) is 2.81. The fourth-order valence-electron chi connectivity index (χ4n) is 2.12. The van der Waals surface area contributed by atoms with Gasteiger partial charge in [0.25, 0.3) is 0 Å². The van der Waals surface area contributed by atoms with Gasteiger partial charge in [0, 0.05) is 23.6 Å². The lowest BCUT2D eigenvalue weighted by Gasteiger charge is -2.33. The lowest BCUT2D eigenvalue weighted by atomic mass is 10.0. The second kappa shape index (κ2) is 4.05. The monoisotopic (exact) mass is 246 g/mol. The zero-order valence-electron chi connectivity index (χ0n) is 11.1. The molecule has 96 valence electrons. The smallest absolute Gasteiger partial charge is 0.328 e. The maximum absolute atomic E-state index is 11.4. The zero-order chi connectivity index (χ0) is 13.5. The van der Waals surface area contributed by atoms with Crippen LogP contribution in [0.2, 0.25) is 0 Å². The van der Waals surface area contributed by atoms with E-state index in [1.807, 2.05) is 43.1 Å². The zero-order valence-corrected chi connectivity index (χ0v) is 11.1. The lowest BCUT2D eigenvalue weighted by Crippen LogP contribution is -2.48. The molecular weight excluding hydrogens is 228 g/mol. The minimum absolute atomic E-state index is 0.838. The summed E-state index contributed by atoms with van der Waals surface area (Å²) in [4.78, 5) is 16.4. The van der Waals surface area contributed by atoms with E-state index in [4.69, 9.17) is 0 Å². The Balaban J connectivity index is 2.61. The van der Waals surface area contributed by atoms with Crippen molar-refractivity contribution in [1.82, 2.24) is 4.98 Å².